The second-order valence-corrected chi connectivity index (χ2v) is 5.71. The largest absolute Gasteiger partial charge is 0.487 e. The quantitative estimate of drug-likeness (QED) is 0.794. The summed E-state index contributed by atoms with van der Waals surface area (Å²) < 4.78 is 11.1. The normalized spacial score (nSPS) is 11.0. The molecule has 21 heavy (non-hydrogen) atoms. The van der Waals surface area contributed by atoms with Gasteiger partial charge in [0.05, 0.1) is 10.7 Å². The third-order valence-electron chi connectivity index (χ3n) is 3.10. The first-order chi connectivity index (χ1) is 10.0. The molecule has 2 heterocycles. The number of carboxylic acids is 1. The summed E-state index contributed by atoms with van der Waals surface area (Å²) in [5.41, 5.74) is 1.58. The molecule has 6 heteroatoms. The Kier molecular flexibility index (Phi) is 3.39. The van der Waals surface area contributed by atoms with E-state index in [1.807, 2.05) is 12.3 Å². The lowest BCUT2D eigenvalue weighted by atomic mass is 10.1. The van der Waals surface area contributed by atoms with Crippen molar-refractivity contribution in [1.82, 2.24) is 4.98 Å². The molecule has 2 aromatic heterocycles. The SMILES string of the molecule is Cc1nc(COc2ccc3oc(C)c(C(=O)O)c3c2)cs1. The van der Waals surface area contributed by atoms with Crippen molar-refractivity contribution in [3.63, 3.8) is 0 Å². The standard InChI is InChI=1S/C15H13NO4S/c1-8-14(15(17)18)12-5-11(3-4-13(12)20-8)19-6-10-7-21-9(2)16-10/h3-5,7H,6H2,1-2H3,(H,17,18). The fourth-order valence-electron chi connectivity index (χ4n) is 2.19. The highest BCUT2D eigenvalue weighted by Gasteiger charge is 2.17. The van der Waals surface area contributed by atoms with Gasteiger partial charge in [0, 0.05) is 10.8 Å². The number of aromatic carboxylic acids is 1. The maximum absolute atomic E-state index is 11.3. The van der Waals surface area contributed by atoms with E-state index in [4.69, 9.17) is 9.15 Å². The number of ether oxygens (including phenoxy) is 1. The second-order valence-electron chi connectivity index (χ2n) is 4.64. The maximum atomic E-state index is 11.3. The minimum Gasteiger partial charge on any atom is -0.487 e. The van der Waals surface area contributed by atoms with Crippen LogP contribution in [0.25, 0.3) is 11.0 Å². The van der Waals surface area contributed by atoms with E-state index in [-0.39, 0.29) is 5.56 Å². The predicted octanol–water partition coefficient (Wildman–Crippen LogP) is 3.78. The predicted molar refractivity (Wildman–Crippen MR) is 79.1 cm³/mol. The molecule has 0 aliphatic rings. The zero-order chi connectivity index (χ0) is 15.0. The van der Waals surface area contributed by atoms with Crippen LogP contribution in [0.1, 0.15) is 26.8 Å². The van der Waals surface area contributed by atoms with Crippen LogP contribution in [0.15, 0.2) is 28.0 Å². The highest BCUT2D eigenvalue weighted by molar-refractivity contribution is 7.09. The molecule has 0 bridgehead atoms. The van der Waals surface area contributed by atoms with Crippen molar-refractivity contribution in [2.24, 2.45) is 0 Å². The smallest absolute Gasteiger partial charge is 0.339 e. The number of fused-ring (bicyclic) bond motifs is 1. The number of aryl methyl sites for hydroxylation is 2. The molecule has 0 amide bonds. The third-order valence-corrected chi connectivity index (χ3v) is 3.92. The van der Waals surface area contributed by atoms with E-state index < -0.39 is 5.97 Å². The molecule has 0 aliphatic heterocycles. The summed E-state index contributed by atoms with van der Waals surface area (Å²) in [6.45, 7) is 3.94. The molecule has 0 atom stereocenters. The summed E-state index contributed by atoms with van der Waals surface area (Å²) in [4.78, 5) is 15.6. The van der Waals surface area contributed by atoms with Crippen molar-refractivity contribution >= 4 is 28.3 Å². The zero-order valence-corrected chi connectivity index (χ0v) is 12.4. The molecule has 3 rings (SSSR count). The lowest BCUT2D eigenvalue weighted by Crippen LogP contribution is -1.98. The van der Waals surface area contributed by atoms with Crippen LogP contribution in [0, 0.1) is 13.8 Å². The van der Waals surface area contributed by atoms with Crippen molar-refractivity contribution in [2.45, 2.75) is 20.5 Å². The molecule has 0 saturated heterocycles. The Morgan fingerprint density at radius 2 is 2.24 bits per heavy atom. The number of furan rings is 1. The first-order valence-corrected chi connectivity index (χ1v) is 7.23. The summed E-state index contributed by atoms with van der Waals surface area (Å²) in [7, 11) is 0. The second kappa shape index (κ2) is 5.21. The molecule has 1 N–H and O–H groups in total. The van der Waals surface area contributed by atoms with Crippen molar-refractivity contribution in [1.29, 1.82) is 0 Å². The first-order valence-electron chi connectivity index (χ1n) is 6.35. The molecule has 3 aromatic rings. The lowest BCUT2D eigenvalue weighted by Gasteiger charge is -2.04. The topological polar surface area (TPSA) is 72.6 Å². The summed E-state index contributed by atoms with van der Waals surface area (Å²) in [6.07, 6.45) is 0. The monoisotopic (exact) mass is 303 g/mol. The number of rotatable bonds is 4. The number of benzene rings is 1. The Labute approximate surface area is 124 Å². The molecule has 0 spiro atoms. The van der Waals surface area contributed by atoms with Crippen LogP contribution in [0.2, 0.25) is 0 Å². The van der Waals surface area contributed by atoms with E-state index in [0.29, 0.717) is 29.1 Å². The minimum absolute atomic E-state index is 0.181. The number of hydrogen-bond donors (Lipinski definition) is 1. The average Bonchev–Trinajstić information content (AvgIpc) is 2.98. The first kappa shape index (κ1) is 13.6. The van der Waals surface area contributed by atoms with Gasteiger partial charge in [0.25, 0.3) is 0 Å². The number of aromatic nitrogens is 1. The highest BCUT2D eigenvalue weighted by atomic mass is 32.1. The van der Waals surface area contributed by atoms with Crippen LogP contribution in [-0.2, 0) is 6.61 Å². The van der Waals surface area contributed by atoms with E-state index in [1.54, 1.807) is 36.5 Å². The van der Waals surface area contributed by atoms with Crippen molar-refractivity contribution < 1.29 is 19.1 Å². The van der Waals surface area contributed by atoms with Crippen LogP contribution in [0.4, 0.5) is 0 Å². The Bertz CT molecular complexity index is 818. The molecule has 0 fully saturated rings. The Balaban J connectivity index is 1.89. The van der Waals surface area contributed by atoms with E-state index in [1.165, 1.54) is 0 Å². The Hall–Kier alpha value is -2.34. The summed E-state index contributed by atoms with van der Waals surface area (Å²) in [5.74, 6) is -0.0141. The molecular formula is C15H13NO4S. The van der Waals surface area contributed by atoms with Gasteiger partial charge in [-0.1, -0.05) is 0 Å². The fourth-order valence-corrected chi connectivity index (χ4v) is 2.78. The van der Waals surface area contributed by atoms with Gasteiger partial charge in [0.15, 0.2) is 0 Å². The molecule has 0 aliphatic carbocycles. The van der Waals surface area contributed by atoms with Crippen molar-refractivity contribution in [3.05, 3.63) is 45.6 Å². The summed E-state index contributed by atoms with van der Waals surface area (Å²) in [5, 5.41) is 12.7. The number of carboxylic acid groups (broad SMARTS) is 1. The van der Waals surface area contributed by atoms with Gasteiger partial charge in [0.2, 0.25) is 0 Å². The van der Waals surface area contributed by atoms with Crippen LogP contribution in [-0.4, -0.2) is 16.1 Å². The van der Waals surface area contributed by atoms with E-state index >= 15 is 0 Å². The van der Waals surface area contributed by atoms with Gasteiger partial charge in [-0.15, -0.1) is 11.3 Å². The van der Waals surface area contributed by atoms with Gasteiger partial charge in [-0.2, -0.15) is 0 Å². The van der Waals surface area contributed by atoms with Crippen LogP contribution in [0.5, 0.6) is 5.75 Å². The van der Waals surface area contributed by atoms with Crippen molar-refractivity contribution in [2.75, 3.05) is 0 Å². The number of carbonyl (C=O) groups is 1. The Morgan fingerprint density at radius 1 is 1.43 bits per heavy atom. The van der Waals surface area contributed by atoms with E-state index in [9.17, 15) is 9.90 Å². The van der Waals surface area contributed by atoms with Gasteiger partial charge >= 0.3 is 5.97 Å². The van der Waals surface area contributed by atoms with Crippen molar-refractivity contribution in [3.8, 4) is 5.75 Å². The fraction of sp³-hybridized carbons (Fsp3) is 0.200. The molecule has 0 radical (unpaired) electrons. The molecule has 0 saturated carbocycles. The summed E-state index contributed by atoms with van der Waals surface area (Å²) >= 11 is 1.57. The lowest BCUT2D eigenvalue weighted by molar-refractivity contribution is 0.0697. The molecule has 0 unspecified atom stereocenters. The molecule has 1 aromatic carbocycles. The van der Waals surface area contributed by atoms with E-state index in [0.717, 1.165) is 10.7 Å². The Morgan fingerprint density at radius 3 is 2.90 bits per heavy atom. The molecule has 108 valence electrons. The highest BCUT2D eigenvalue weighted by Crippen LogP contribution is 2.29. The number of nitrogens with zero attached hydrogens (tertiary/aromatic N) is 1. The number of hydrogen-bond acceptors (Lipinski definition) is 5. The van der Waals surface area contributed by atoms with Gasteiger partial charge in [-0.25, -0.2) is 9.78 Å². The summed E-state index contributed by atoms with van der Waals surface area (Å²) in [6, 6.07) is 5.17. The minimum atomic E-state index is -1.00. The van der Waals surface area contributed by atoms with Gasteiger partial charge < -0.3 is 14.3 Å². The molecule has 5 nitrogen and oxygen atoms in total. The van der Waals surface area contributed by atoms with Crippen LogP contribution < -0.4 is 4.74 Å². The van der Waals surface area contributed by atoms with Crippen LogP contribution >= 0.6 is 11.3 Å². The zero-order valence-electron chi connectivity index (χ0n) is 11.5. The van der Waals surface area contributed by atoms with Gasteiger partial charge in [-0.3, -0.25) is 0 Å². The maximum Gasteiger partial charge on any atom is 0.339 e. The van der Waals surface area contributed by atoms with E-state index in [2.05, 4.69) is 4.98 Å². The average molecular weight is 303 g/mol. The number of thiazole rings is 1. The third kappa shape index (κ3) is 2.62. The molecular weight excluding hydrogens is 290 g/mol. The van der Waals surface area contributed by atoms with Crippen LogP contribution in [0.3, 0.4) is 0 Å². The van der Waals surface area contributed by atoms with Gasteiger partial charge in [-0.05, 0) is 32.0 Å². The van der Waals surface area contributed by atoms with Gasteiger partial charge in [0.1, 0.15) is 29.3 Å².